The van der Waals surface area contributed by atoms with Crippen LogP contribution in [0.5, 0.6) is 5.75 Å². The number of amides is 1. The summed E-state index contributed by atoms with van der Waals surface area (Å²) in [4.78, 5) is 13.6. The standard InChI is InChI=1S/C15H20BrNO2/c1-9(2)8-17(12(5)18)13-7-10(3)15(19-6)11(4)14(13)16/h7H,1,8H2,2-6H3. The van der Waals surface area contributed by atoms with Crippen molar-refractivity contribution in [2.75, 3.05) is 18.6 Å². The maximum Gasteiger partial charge on any atom is 0.224 e. The molecule has 0 aliphatic rings. The average molecular weight is 326 g/mol. The molecule has 0 aliphatic heterocycles. The van der Waals surface area contributed by atoms with E-state index in [-0.39, 0.29) is 5.91 Å². The number of anilines is 1. The number of benzene rings is 1. The number of carbonyl (C=O) groups excluding carboxylic acids is 1. The zero-order valence-electron chi connectivity index (χ0n) is 12.1. The lowest BCUT2D eigenvalue weighted by molar-refractivity contribution is -0.116. The summed E-state index contributed by atoms with van der Waals surface area (Å²) in [6, 6.07) is 1.96. The quantitative estimate of drug-likeness (QED) is 0.783. The van der Waals surface area contributed by atoms with Crippen LogP contribution >= 0.6 is 15.9 Å². The van der Waals surface area contributed by atoms with Gasteiger partial charge in [0.25, 0.3) is 0 Å². The van der Waals surface area contributed by atoms with Crippen molar-refractivity contribution in [3.63, 3.8) is 0 Å². The molecule has 3 nitrogen and oxygen atoms in total. The summed E-state index contributed by atoms with van der Waals surface area (Å²) in [6.45, 7) is 11.8. The highest BCUT2D eigenvalue weighted by Crippen LogP contribution is 2.38. The number of hydrogen-bond donors (Lipinski definition) is 0. The summed E-state index contributed by atoms with van der Waals surface area (Å²) < 4.78 is 6.26. The maximum absolute atomic E-state index is 11.8. The molecule has 0 spiro atoms. The monoisotopic (exact) mass is 325 g/mol. The Hall–Kier alpha value is -1.29. The summed E-state index contributed by atoms with van der Waals surface area (Å²) in [7, 11) is 1.65. The van der Waals surface area contributed by atoms with Gasteiger partial charge in [-0.05, 0) is 48.3 Å². The molecule has 104 valence electrons. The molecule has 0 aliphatic carbocycles. The number of ether oxygens (including phenoxy) is 1. The van der Waals surface area contributed by atoms with Crippen LogP contribution in [0.25, 0.3) is 0 Å². The van der Waals surface area contributed by atoms with Gasteiger partial charge >= 0.3 is 0 Å². The van der Waals surface area contributed by atoms with Crippen LogP contribution in [0, 0.1) is 13.8 Å². The highest BCUT2D eigenvalue weighted by Gasteiger charge is 2.19. The van der Waals surface area contributed by atoms with Crippen LogP contribution in [0.2, 0.25) is 0 Å². The van der Waals surface area contributed by atoms with E-state index in [4.69, 9.17) is 4.74 Å². The lowest BCUT2D eigenvalue weighted by atomic mass is 10.1. The molecular weight excluding hydrogens is 306 g/mol. The van der Waals surface area contributed by atoms with Crippen LogP contribution in [-0.4, -0.2) is 19.6 Å². The molecule has 0 bridgehead atoms. The Bertz CT molecular complexity index is 523. The molecule has 4 heteroatoms. The second kappa shape index (κ2) is 6.24. The SMILES string of the molecule is C=C(C)CN(C(C)=O)c1cc(C)c(OC)c(C)c1Br. The van der Waals surface area contributed by atoms with E-state index in [9.17, 15) is 4.79 Å². The molecule has 0 fully saturated rings. The molecule has 19 heavy (non-hydrogen) atoms. The van der Waals surface area contributed by atoms with E-state index >= 15 is 0 Å². The van der Waals surface area contributed by atoms with Gasteiger partial charge in [-0.15, -0.1) is 0 Å². The number of nitrogens with zero attached hydrogens (tertiary/aromatic N) is 1. The number of rotatable bonds is 4. The van der Waals surface area contributed by atoms with Crippen LogP contribution in [0.1, 0.15) is 25.0 Å². The molecule has 0 heterocycles. The fourth-order valence-electron chi connectivity index (χ4n) is 2.07. The zero-order chi connectivity index (χ0) is 14.7. The maximum atomic E-state index is 11.8. The van der Waals surface area contributed by atoms with Crippen LogP contribution in [0.3, 0.4) is 0 Å². The average Bonchev–Trinajstić information content (AvgIpc) is 2.31. The fourth-order valence-corrected chi connectivity index (χ4v) is 2.58. The number of halogens is 1. The van der Waals surface area contributed by atoms with Crippen molar-refractivity contribution >= 4 is 27.5 Å². The smallest absolute Gasteiger partial charge is 0.224 e. The van der Waals surface area contributed by atoms with Crippen LogP contribution < -0.4 is 9.64 Å². The van der Waals surface area contributed by atoms with Crippen molar-refractivity contribution in [2.24, 2.45) is 0 Å². The summed E-state index contributed by atoms with van der Waals surface area (Å²) in [5.41, 5.74) is 3.79. The van der Waals surface area contributed by atoms with Gasteiger partial charge in [0.15, 0.2) is 0 Å². The summed E-state index contributed by atoms with van der Waals surface area (Å²) in [5, 5.41) is 0. The van der Waals surface area contributed by atoms with Crippen LogP contribution in [-0.2, 0) is 4.79 Å². The predicted octanol–water partition coefficient (Wildman–Crippen LogP) is 4.00. The van der Waals surface area contributed by atoms with Crippen molar-refractivity contribution in [2.45, 2.75) is 27.7 Å². The largest absolute Gasteiger partial charge is 0.496 e. The van der Waals surface area contributed by atoms with Gasteiger partial charge in [-0.2, -0.15) is 0 Å². The van der Waals surface area contributed by atoms with E-state index in [0.717, 1.165) is 32.6 Å². The molecule has 1 aromatic rings. The van der Waals surface area contributed by atoms with Gasteiger partial charge in [-0.1, -0.05) is 12.2 Å². The first kappa shape index (κ1) is 15.8. The normalized spacial score (nSPS) is 10.2. The van der Waals surface area contributed by atoms with Crippen LogP contribution in [0.4, 0.5) is 5.69 Å². The lowest BCUT2D eigenvalue weighted by Gasteiger charge is -2.25. The molecule has 0 N–H and O–H groups in total. The van der Waals surface area contributed by atoms with Gasteiger partial charge in [0, 0.05) is 23.5 Å². The fraction of sp³-hybridized carbons (Fsp3) is 0.400. The number of carbonyl (C=O) groups is 1. The minimum atomic E-state index is -0.00679. The minimum absolute atomic E-state index is 0.00679. The molecular formula is C15H20BrNO2. The molecule has 0 saturated heterocycles. The molecule has 1 aromatic carbocycles. The zero-order valence-corrected chi connectivity index (χ0v) is 13.7. The van der Waals surface area contributed by atoms with Crippen molar-refractivity contribution in [1.29, 1.82) is 0 Å². The Kier molecular flexibility index (Phi) is 5.18. The van der Waals surface area contributed by atoms with Gasteiger partial charge < -0.3 is 9.64 Å². The molecule has 1 amide bonds. The van der Waals surface area contributed by atoms with Gasteiger partial charge in [-0.25, -0.2) is 0 Å². The van der Waals surface area contributed by atoms with Crippen molar-refractivity contribution in [3.05, 3.63) is 33.8 Å². The molecule has 1 rings (SSSR count). The second-order valence-corrected chi connectivity index (χ2v) is 5.54. The van der Waals surface area contributed by atoms with Crippen molar-refractivity contribution in [3.8, 4) is 5.75 Å². The Morgan fingerprint density at radius 2 is 2.00 bits per heavy atom. The van der Waals surface area contributed by atoms with E-state index in [2.05, 4.69) is 22.5 Å². The highest BCUT2D eigenvalue weighted by atomic mass is 79.9. The Morgan fingerprint density at radius 1 is 1.42 bits per heavy atom. The number of aryl methyl sites for hydroxylation is 1. The Balaban J connectivity index is 3.40. The Labute approximate surface area is 123 Å². The van der Waals surface area contributed by atoms with E-state index in [1.54, 1.807) is 18.9 Å². The third kappa shape index (κ3) is 3.38. The first-order valence-electron chi connectivity index (χ1n) is 6.05. The molecule has 0 radical (unpaired) electrons. The topological polar surface area (TPSA) is 29.5 Å². The van der Waals surface area contributed by atoms with Crippen molar-refractivity contribution in [1.82, 2.24) is 0 Å². The van der Waals surface area contributed by atoms with E-state index in [1.807, 2.05) is 26.8 Å². The van der Waals surface area contributed by atoms with Gasteiger partial charge in [0.1, 0.15) is 5.75 Å². The minimum Gasteiger partial charge on any atom is -0.496 e. The Morgan fingerprint density at radius 3 is 2.42 bits per heavy atom. The molecule has 0 atom stereocenters. The lowest BCUT2D eigenvalue weighted by Crippen LogP contribution is -2.30. The summed E-state index contributed by atoms with van der Waals surface area (Å²) in [5.74, 6) is 0.835. The number of methoxy groups -OCH3 is 1. The van der Waals surface area contributed by atoms with E-state index in [0.29, 0.717) is 6.54 Å². The van der Waals surface area contributed by atoms with Gasteiger partial charge in [-0.3, -0.25) is 4.79 Å². The van der Waals surface area contributed by atoms with E-state index < -0.39 is 0 Å². The first-order chi connectivity index (χ1) is 8.79. The molecule has 0 saturated carbocycles. The summed E-state index contributed by atoms with van der Waals surface area (Å²) in [6.07, 6.45) is 0. The van der Waals surface area contributed by atoms with Gasteiger partial charge in [0.05, 0.1) is 12.8 Å². The number of hydrogen-bond acceptors (Lipinski definition) is 2. The van der Waals surface area contributed by atoms with Crippen molar-refractivity contribution < 1.29 is 9.53 Å². The third-order valence-electron chi connectivity index (χ3n) is 2.91. The van der Waals surface area contributed by atoms with Gasteiger partial charge in [0.2, 0.25) is 5.91 Å². The predicted molar refractivity (Wildman–Crippen MR) is 83.0 cm³/mol. The molecule has 0 unspecified atom stereocenters. The summed E-state index contributed by atoms with van der Waals surface area (Å²) >= 11 is 3.56. The first-order valence-corrected chi connectivity index (χ1v) is 6.85. The highest BCUT2D eigenvalue weighted by molar-refractivity contribution is 9.10. The second-order valence-electron chi connectivity index (χ2n) is 4.75. The third-order valence-corrected chi connectivity index (χ3v) is 3.91. The van der Waals surface area contributed by atoms with E-state index in [1.165, 1.54) is 0 Å². The van der Waals surface area contributed by atoms with Crippen LogP contribution in [0.15, 0.2) is 22.7 Å². The molecule has 0 aromatic heterocycles.